The van der Waals surface area contributed by atoms with Crippen LogP contribution in [0.1, 0.15) is 5.56 Å². The minimum absolute atomic E-state index is 0.0437. The van der Waals surface area contributed by atoms with Crippen molar-refractivity contribution in [1.29, 1.82) is 5.26 Å². The Labute approximate surface area is 187 Å². The largest absolute Gasteiger partial charge is 0.481 e. The number of ether oxygens (including phenoxy) is 3. The first-order chi connectivity index (χ1) is 14.4. The highest BCUT2D eigenvalue weighted by Crippen LogP contribution is 2.28. The molecule has 0 aliphatic rings. The van der Waals surface area contributed by atoms with Gasteiger partial charge in [-0.05, 0) is 57.9 Å². The number of rotatable bonds is 9. The van der Waals surface area contributed by atoms with Crippen molar-refractivity contribution < 1.29 is 23.8 Å². The van der Waals surface area contributed by atoms with Crippen LogP contribution < -0.4 is 14.8 Å². The number of methoxy groups -OCH3 is 1. The van der Waals surface area contributed by atoms with Gasteiger partial charge in [0.2, 0.25) is 0 Å². The van der Waals surface area contributed by atoms with Gasteiger partial charge in [0, 0.05) is 18.7 Å². The smallest absolute Gasteiger partial charge is 0.349 e. The third-order valence-electron chi connectivity index (χ3n) is 3.62. The van der Waals surface area contributed by atoms with Gasteiger partial charge in [0.05, 0.1) is 11.1 Å². The van der Waals surface area contributed by atoms with E-state index in [2.05, 4.69) is 21.2 Å². The second-order valence-corrected chi connectivity index (χ2v) is 7.12. The lowest BCUT2D eigenvalue weighted by Gasteiger charge is -2.09. The number of carbonyl (C=O) groups excluding carboxylic acids is 2. The molecule has 7 nitrogen and oxygen atoms in total. The SMILES string of the molecule is COCCNC(=O)/C(C#N)=C/c1ccc(OC(=O)COc2ccc(Cl)cc2Br)cc1. The Morgan fingerprint density at radius 2 is 1.97 bits per heavy atom. The summed E-state index contributed by atoms with van der Waals surface area (Å²) in [5.74, 6) is -0.311. The van der Waals surface area contributed by atoms with E-state index in [-0.39, 0.29) is 12.2 Å². The summed E-state index contributed by atoms with van der Waals surface area (Å²) in [6, 6.07) is 13.2. The molecule has 0 saturated heterocycles. The van der Waals surface area contributed by atoms with E-state index in [0.29, 0.717) is 39.7 Å². The molecule has 1 N–H and O–H groups in total. The number of carbonyl (C=O) groups is 2. The fourth-order valence-electron chi connectivity index (χ4n) is 2.20. The summed E-state index contributed by atoms with van der Waals surface area (Å²) in [4.78, 5) is 23.9. The van der Waals surface area contributed by atoms with Gasteiger partial charge < -0.3 is 19.5 Å². The zero-order valence-corrected chi connectivity index (χ0v) is 18.3. The van der Waals surface area contributed by atoms with E-state index >= 15 is 0 Å². The van der Waals surface area contributed by atoms with Crippen molar-refractivity contribution in [1.82, 2.24) is 5.32 Å². The van der Waals surface area contributed by atoms with Crippen LogP contribution in [-0.2, 0) is 14.3 Å². The highest BCUT2D eigenvalue weighted by atomic mass is 79.9. The molecule has 0 aliphatic heterocycles. The second-order valence-electron chi connectivity index (χ2n) is 5.83. The maximum absolute atomic E-state index is 12.0. The maximum Gasteiger partial charge on any atom is 0.349 e. The molecule has 1 amide bonds. The molecule has 0 bridgehead atoms. The third-order valence-corrected chi connectivity index (χ3v) is 4.47. The molecule has 0 radical (unpaired) electrons. The molecular formula is C21H18BrClN2O5. The minimum atomic E-state index is -0.588. The van der Waals surface area contributed by atoms with E-state index < -0.39 is 11.9 Å². The predicted octanol–water partition coefficient (Wildman–Crippen LogP) is 3.76. The Morgan fingerprint density at radius 1 is 1.23 bits per heavy atom. The van der Waals surface area contributed by atoms with Crippen LogP contribution in [-0.4, -0.2) is 38.7 Å². The summed E-state index contributed by atoms with van der Waals surface area (Å²) in [6.07, 6.45) is 1.44. The van der Waals surface area contributed by atoms with Gasteiger partial charge in [0.1, 0.15) is 23.1 Å². The topological polar surface area (TPSA) is 97.6 Å². The van der Waals surface area contributed by atoms with Crippen molar-refractivity contribution in [3.8, 4) is 17.6 Å². The first-order valence-corrected chi connectivity index (χ1v) is 9.87. The lowest BCUT2D eigenvalue weighted by molar-refractivity contribution is -0.136. The van der Waals surface area contributed by atoms with E-state index in [1.807, 2.05) is 6.07 Å². The normalized spacial score (nSPS) is 10.8. The zero-order valence-electron chi connectivity index (χ0n) is 16.0. The van der Waals surface area contributed by atoms with Crippen molar-refractivity contribution in [2.75, 3.05) is 26.9 Å². The molecular weight excluding hydrogens is 476 g/mol. The monoisotopic (exact) mass is 492 g/mol. The van der Waals surface area contributed by atoms with E-state index in [9.17, 15) is 14.9 Å². The van der Waals surface area contributed by atoms with Crippen LogP contribution >= 0.6 is 27.5 Å². The van der Waals surface area contributed by atoms with Crippen LogP contribution in [0.25, 0.3) is 6.08 Å². The van der Waals surface area contributed by atoms with Gasteiger partial charge >= 0.3 is 5.97 Å². The van der Waals surface area contributed by atoms with E-state index in [4.69, 9.17) is 25.8 Å². The third kappa shape index (κ3) is 7.52. The summed E-state index contributed by atoms with van der Waals surface area (Å²) < 4.78 is 16.1. The number of esters is 1. The number of hydrogen-bond donors (Lipinski definition) is 1. The first kappa shape index (κ1) is 23.4. The number of hydrogen-bond acceptors (Lipinski definition) is 6. The molecule has 0 aliphatic carbocycles. The lowest BCUT2D eigenvalue weighted by Crippen LogP contribution is -2.27. The van der Waals surface area contributed by atoms with Crippen LogP contribution in [0.5, 0.6) is 11.5 Å². The second kappa shape index (κ2) is 12.0. The minimum Gasteiger partial charge on any atom is -0.481 e. The van der Waals surface area contributed by atoms with Gasteiger partial charge in [-0.25, -0.2) is 4.79 Å². The molecule has 0 unspecified atom stereocenters. The fourth-order valence-corrected chi connectivity index (χ4v) is 3.00. The highest BCUT2D eigenvalue weighted by molar-refractivity contribution is 9.10. The molecule has 0 aromatic heterocycles. The van der Waals surface area contributed by atoms with E-state index in [1.165, 1.54) is 13.2 Å². The average molecular weight is 494 g/mol. The average Bonchev–Trinajstić information content (AvgIpc) is 2.72. The van der Waals surface area contributed by atoms with Crippen molar-refractivity contribution in [2.24, 2.45) is 0 Å². The van der Waals surface area contributed by atoms with Gasteiger partial charge in [0.15, 0.2) is 6.61 Å². The van der Waals surface area contributed by atoms with Crippen molar-refractivity contribution in [3.05, 3.63) is 63.1 Å². The molecule has 0 fully saturated rings. The summed E-state index contributed by atoms with van der Waals surface area (Å²) >= 11 is 9.16. The Hall–Kier alpha value is -2.86. The summed E-state index contributed by atoms with van der Waals surface area (Å²) in [5.41, 5.74) is 0.562. The summed E-state index contributed by atoms with van der Waals surface area (Å²) in [6.45, 7) is 0.364. The predicted molar refractivity (Wildman–Crippen MR) is 115 cm³/mol. The van der Waals surface area contributed by atoms with Crippen LogP contribution in [0.4, 0.5) is 0 Å². The number of nitrogens with zero attached hydrogens (tertiary/aromatic N) is 1. The number of nitriles is 1. The molecule has 30 heavy (non-hydrogen) atoms. The van der Waals surface area contributed by atoms with Gasteiger partial charge in [-0.15, -0.1) is 0 Å². The van der Waals surface area contributed by atoms with Crippen LogP contribution in [0.3, 0.4) is 0 Å². The molecule has 9 heteroatoms. The van der Waals surface area contributed by atoms with Crippen LogP contribution in [0.15, 0.2) is 52.5 Å². The zero-order chi connectivity index (χ0) is 21.9. The number of amides is 1. The molecule has 0 heterocycles. The van der Waals surface area contributed by atoms with Gasteiger partial charge in [-0.3, -0.25) is 4.79 Å². The Kier molecular flexibility index (Phi) is 9.35. The van der Waals surface area contributed by atoms with Crippen molar-refractivity contribution in [2.45, 2.75) is 0 Å². The number of benzene rings is 2. The lowest BCUT2D eigenvalue weighted by atomic mass is 10.1. The van der Waals surface area contributed by atoms with Crippen molar-refractivity contribution >= 4 is 45.5 Å². The summed E-state index contributed by atoms with van der Waals surface area (Å²) in [7, 11) is 1.52. The summed E-state index contributed by atoms with van der Waals surface area (Å²) in [5, 5.41) is 12.3. The molecule has 0 atom stereocenters. The number of halogens is 2. The first-order valence-electron chi connectivity index (χ1n) is 8.70. The van der Waals surface area contributed by atoms with Gasteiger partial charge in [-0.1, -0.05) is 23.7 Å². The van der Waals surface area contributed by atoms with Gasteiger partial charge in [0.25, 0.3) is 5.91 Å². The molecule has 0 spiro atoms. The Balaban J connectivity index is 1.92. The standard InChI is InChI=1S/C21H18BrClN2O5/c1-28-9-8-25-21(27)15(12-24)10-14-2-5-17(6-3-14)30-20(26)13-29-19-7-4-16(23)11-18(19)22/h2-7,10-11H,8-9,13H2,1H3,(H,25,27)/b15-10+. The van der Waals surface area contributed by atoms with Crippen LogP contribution in [0, 0.1) is 11.3 Å². The molecule has 2 aromatic rings. The number of nitrogens with one attached hydrogen (secondary N) is 1. The molecule has 156 valence electrons. The Morgan fingerprint density at radius 3 is 2.60 bits per heavy atom. The maximum atomic E-state index is 12.0. The van der Waals surface area contributed by atoms with E-state index in [1.54, 1.807) is 42.5 Å². The van der Waals surface area contributed by atoms with E-state index in [0.717, 1.165) is 0 Å². The Bertz CT molecular complexity index is 970. The quantitative estimate of drug-likeness (QED) is 0.188. The van der Waals surface area contributed by atoms with Crippen molar-refractivity contribution in [3.63, 3.8) is 0 Å². The molecule has 2 aromatic carbocycles. The molecule has 2 rings (SSSR count). The van der Waals surface area contributed by atoms with Gasteiger partial charge in [-0.2, -0.15) is 5.26 Å². The highest BCUT2D eigenvalue weighted by Gasteiger charge is 2.10. The fraction of sp³-hybridized carbons (Fsp3) is 0.190. The van der Waals surface area contributed by atoms with Crippen LogP contribution in [0.2, 0.25) is 5.02 Å². The molecule has 0 saturated carbocycles.